The lowest BCUT2D eigenvalue weighted by Crippen LogP contribution is -2.48. The van der Waals surface area contributed by atoms with Crippen molar-refractivity contribution in [3.05, 3.63) is 53.9 Å². The highest BCUT2D eigenvalue weighted by molar-refractivity contribution is 5.75. The summed E-state index contributed by atoms with van der Waals surface area (Å²) >= 11 is 0. The van der Waals surface area contributed by atoms with Crippen molar-refractivity contribution in [2.24, 2.45) is 11.3 Å². The molecule has 2 amide bonds. The van der Waals surface area contributed by atoms with Gasteiger partial charge in [-0.2, -0.15) is 5.10 Å². The van der Waals surface area contributed by atoms with Gasteiger partial charge < -0.3 is 10.2 Å². The third-order valence-electron chi connectivity index (χ3n) is 5.42. The highest BCUT2D eigenvalue weighted by Crippen LogP contribution is 2.33. The van der Waals surface area contributed by atoms with Gasteiger partial charge in [-0.3, -0.25) is 4.68 Å². The Morgan fingerprint density at radius 2 is 2.00 bits per heavy atom. The molecule has 0 bridgehead atoms. The summed E-state index contributed by atoms with van der Waals surface area (Å²) in [6, 6.07) is 10.4. The molecule has 2 aromatic rings. The SMILES string of the molecule is Cc1cccc(C(NC(=O)N2CCC(Cn3cccn3)CC2)C(C)(C)C)c1. The van der Waals surface area contributed by atoms with Crippen LogP contribution in [-0.2, 0) is 6.54 Å². The number of nitrogens with one attached hydrogen (secondary N) is 1. The minimum atomic E-state index is -0.0537. The highest BCUT2D eigenvalue weighted by atomic mass is 16.2. The van der Waals surface area contributed by atoms with Crippen LogP contribution in [0.5, 0.6) is 0 Å². The number of rotatable bonds is 4. The van der Waals surface area contributed by atoms with Crippen LogP contribution in [0.15, 0.2) is 42.7 Å². The Hall–Kier alpha value is -2.30. The zero-order valence-corrected chi connectivity index (χ0v) is 17.0. The molecule has 1 unspecified atom stereocenters. The number of likely N-dealkylation sites (tertiary alicyclic amines) is 1. The molecule has 1 aliphatic heterocycles. The lowest BCUT2D eigenvalue weighted by molar-refractivity contribution is 0.152. The molecule has 1 aromatic carbocycles. The Morgan fingerprint density at radius 3 is 2.59 bits per heavy atom. The summed E-state index contributed by atoms with van der Waals surface area (Å²) in [5.41, 5.74) is 2.34. The van der Waals surface area contributed by atoms with Gasteiger partial charge in [0.1, 0.15) is 0 Å². The maximum atomic E-state index is 12.9. The topological polar surface area (TPSA) is 50.2 Å². The van der Waals surface area contributed by atoms with E-state index in [9.17, 15) is 4.79 Å². The van der Waals surface area contributed by atoms with E-state index >= 15 is 0 Å². The summed E-state index contributed by atoms with van der Waals surface area (Å²) < 4.78 is 1.99. The number of benzene rings is 1. The number of hydrogen-bond donors (Lipinski definition) is 1. The molecule has 1 atom stereocenters. The number of nitrogens with zero attached hydrogens (tertiary/aromatic N) is 3. The van der Waals surface area contributed by atoms with E-state index in [2.05, 4.69) is 62.4 Å². The van der Waals surface area contributed by atoms with Gasteiger partial charge in [0.05, 0.1) is 6.04 Å². The van der Waals surface area contributed by atoms with Crippen LogP contribution in [0.25, 0.3) is 0 Å². The van der Waals surface area contributed by atoms with Crippen LogP contribution in [0, 0.1) is 18.3 Å². The standard InChI is InChI=1S/C22H32N4O/c1-17-7-5-8-19(15-17)20(22(2,3)4)24-21(27)25-13-9-18(10-14-25)16-26-12-6-11-23-26/h5-8,11-12,15,18,20H,9-10,13-14,16H2,1-4H3,(H,24,27). The van der Waals surface area contributed by atoms with E-state index in [4.69, 9.17) is 0 Å². The summed E-state index contributed by atoms with van der Waals surface area (Å²) in [5.74, 6) is 0.587. The molecule has 1 aromatic heterocycles. The first kappa shape index (κ1) is 19.5. The number of hydrogen-bond acceptors (Lipinski definition) is 2. The fraction of sp³-hybridized carbons (Fsp3) is 0.545. The van der Waals surface area contributed by atoms with Gasteiger partial charge in [0.15, 0.2) is 0 Å². The molecule has 0 spiro atoms. The number of urea groups is 1. The smallest absolute Gasteiger partial charge is 0.317 e. The van der Waals surface area contributed by atoms with E-state index in [0.717, 1.165) is 32.5 Å². The van der Waals surface area contributed by atoms with Crippen molar-refractivity contribution in [2.75, 3.05) is 13.1 Å². The average Bonchev–Trinajstić information content (AvgIpc) is 3.12. The molecule has 1 fully saturated rings. The first-order chi connectivity index (χ1) is 12.8. The number of piperidine rings is 1. The Labute approximate surface area is 162 Å². The van der Waals surface area contributed by atoms with E-state index in [1.54, 1.807) is 0 Å². The van der Waals surface area contributed by atoms with E-state index in [1.165, 1.54) is 11.1 Å². The number of aromatic nitrogens is 2. The Bertz CT molecular complexity index is 740. The van der Waals surface area contributed by atoms with E-state index in [-0.39, 0.29) is 17.5 Å². The number of carbonyl (C=O) groups is 1. The largest absolute Gasteiger partial charge is 0.331 e. The molecule has 5 heteroatoms. The molecule has 1 N–H and O–H groups in total. The average molecular weight is 369 g/mol. The Balaban J connectivity index is 1.60. The van der Waals surface area contributed by atoms with Crippen LogP contribution in [0.3, 0.4) is 0 Å². The molecular weight excluding hydrogens is 336 g/mol. The van der Waals surface area contributed by atoms with Crippen molar-refractivity contribution >= 4 is 6.03 Å². The summed E-state index contributed by atoms with van der Waals surface area (Å²) in [5, 5.41) is 7.60. The van der Waals surface area contributed by atoms with Crippen LogP contribution < -0.4 is 5.32 Å². The second kappa shape index (κ2) is 8.15. The highest BCUT2D eigenvalue weighted by Gasteiger charge is 2.31. The predicted molar refractivity (Wildman–Crippen MR) is 108 cm³/mol. The van der Waals surface area contributed by atoms with Crippen molar-refractivity contribution in [1.82, 2.24) is 20.0 Å². The first-order valence-corrected chi connectivity index (χ1v) is 9.92. The van der Waals surface area contributed by atoms with Gasteiger partial charge in [0.25, 0.3) is 0 Å². The Morgan fingerprint density at radius 1 is 1.26 bits per heavy atom. The van der Waals surface area contributed by atoms with Crippen LogP contribution in [-0.4, -0.2) is 33.8 Å². The molecular formula is C22H32N4O. The maximum Gasteiger partial charge on any atom is 0.317 e. The van der Waals surface area contributed by atoms with Gasteiger partial charge >= 0.3 is 6.03 Å². The first-order valence-electron chi connectivity index (χ1n) is 9.92. The summed E-state index contributed by atoms with van der Waals surface area (Å²) in [6.07, 6.45) is 5.88. The van der Waals surface area contributed by atoms with Crippen molar-refractivity contribution in [3.8, 4) is 0 Å². The fourth-order valence-corrected chi connectivity index (χ4v) is 3.86. The number of carbonyl (C=O) groups excluding carboxylic acids is 1. The molecule has 0 aliphatic carbocycles. The minimum absolute atomic E-state index is 0.00769. The van der Waals surface area contributed by atoms with Gasteiger partial charge in [-0.05, 0) is 42.7 Å². The van der Waals surface area contributed by atoms with Crippen LogP contribution in [0.4, 0.5) is 4.79 Å². The molecule has 1 saturated heterocycles. The third kappa shape index (κ3) is 5.12. The third-order valence-corrected chi connectivity index (χ3v) is 5.42. The van der Waals surface area contributed by atoms with Crippen molar-refractivity contribution in [1.29, 1.82) is 0 Å². The maximum absolute atomic E-state index is 12.9. The van der Waals surface area contributed by atoms with E-state index in [1.807, 2.05) is 28.0 Å². The zero-order chi connectivity index (χ0) is 19.4. The molecule has 2 heterocycles. The summed E-state index contributed by atoms with van der Waals surface area (Å²) in [4.78, 5) is 14.9. The molecule has 1 aliphatic rings. The van der Waals surface area contributed by atoms with Gasteiger partial charge in [-0.1, -0.05) is 50.6 Å². The van der Waals surface area contributed by atoms with Gasteiger partial charge in [-0.25, -0.2) is 4.79 Å². The molecule has 3 rings (SSSR count). The molecule has 5 nitrogen and oxygen atoms in total. The van der Waals surface area contributed by atoms with Crippen LogP contribution >= 0.6 is 0 Å². The summed E-state index contributed by atoms with van der Waals surface area (Å²) in [7, 11) is 0. The van der Waals surface area contributed by atoms with Crippen molar-refractivity contribution in [3.63, 3.8) is 0 Å². The second-order valence-corrected chi connectivity index (χ2v) is 8.82. The second-order valence-electron chi connectivity index (χ2n) is 8.82. The summed E-state index contributed by atoms with van der Waals surface area (Å²) in [6.45, 7) is 11.2. The Kier molecular flexibility index (Phi) is 5.88. The van der Waals surface area contributed by atoms with Crippen LogP contribution in [0.1, 0.15) is 50.8 Å². The normalized spacial score (nSPS) is 17.0. The van der Waals surface area contributed by atoms with Crippen molar-refractivity contribution in [2.45, 2.75) is 53.1 Å². The minimum Gasteiger partial charge on any atom is -0.331 e. The quantitative estimate of drug-likeness (QED) is 0.869. The lowest BCUT2D eigenvalue weighted by Gasteiger charge is -2.37. The molecule has 0 radical (unpaired) electrons. The van der Waals surface area contributed by atoms with Gasteiger partial charge in [0.2, 0.25) is 0 Å². The fourth-order valence-electron chi connectivity index (χ4n) is 3.86. The molecule has 0 saturated carbocycles. The van der Waals surface area contributed by atoms with Gasteiger partial charge in [0, 0.05) is 32.0 Å². The van der Waals surface area contributed by atoms with E-state index in [0.29, 0.717) is 5.92 Å². The predicted octanol–water partition coefficient (Wildman–Crippen LogP) is 4.40. The number of aryl methyl sites for hydroxylation is 1. The van der Waals surface area contributed by atoms with E-state index < -0.39 is 0 Å². The van der Waals surface area contributed by atoms with Crippen molar-refractivity contribution < 1.29 is 4.79 Å². The van der Waals surface area contributed by atoms with Crippen LogP contribution in [0.2, 0.25) is 0 Å². The molecule has 27 heavy (non-hydrogen) atoms. The zero-order valence-electron chi connectivity index (χ0n) is 17.0. The lowest BCUT2D eigenvalue weighted by atomic mass is 9.82. The van der Waals surface area contributed by atoms with Gasteiger partial charge in [-0.15, -0.1) is 0 Å². The number of amides is 2. The monoisotopic (exact) mass is 368 g/mol. The molecule has 146 valence electrons.